The van der Waals surface area contributed by atoms with Crippen molar-refractivity contribution in [2.75, 3.05) is 6.61 Å². The van der Waals surface area contributed by atoms with Gasteiger partial charge in [0.25, 0.3) is 0 Å². The second-order valence-electron chi connectivity index (χ2n) is 6.14. The van der Waals surface area contributed by atoms with Gasteiger partial charge in [0.05, 0.1) is 12.2 Å². The Hall–Kier alpha value is -0.860. The number of aliphatic hydroxyl groups is 1. The van der Waals surface area contributed by atoms with Crippen LogP contribution in [-0.2, 0) is 11.2 Å². The van der Waals surface area contributed by atoms with Crippen LogP contribution in [0.3, 0.4) is 0 Å². The molecule has 19 heavy (non-hydrogen) atoms. The topological polar surface area (TPSA) is 29.5 Å². The lowest BCUT2D eigenvalue weighted by molar-refractivity contribution is -0.0389. The SMILES string of the molecule is CCOC1CC(CC(O)CC2Cc3ccccc32)C1. The summed E-state index contributed by atoms with van der Waals surface area (Å²) >= 11 is 0. The molecule has 2 heteroatoms. The molecule has 1 aromatic carbocycles. The first-order valence-electron chi connectivity index (χ1n) is 7.63. The van der Waals surface area contributed by atoms with E-state index in [0.29, 0.717) is 17.9 Å². The van der Waals surface area contributed by atoms with Crippen LogP contribution >= 0.6 is 0 Å². The van der Waals surface area contributed by atoms with Gasteiger partial charge in [-0.3, -0.25) is 0 Å². The molecular weight excluding hydrogens is 236 g/mol. The van der Waals surface area contributed by atoms with Crippen LogP contribution in [0, 0.1) is 5.92 Å². The first-order valence-corrected chi connectivity index (χ1v) is 7.63. The molecule has 2 aliphatic rings. The molecule has 0 aromatic heterocycles. The molecule has 0 saturated heterocycles. The van der Waals surface area contributed by atoms with Crippen molar-refractivity contribution in [3.63, 3.8) is 0 Å². The normalized spacial score (nSPS) is 30.1. The molecule has 0 radical (unpaired) electrons. The van der Waals surface area contributed by atoms with Gasteiger partial charge in [-0.25, -0.2) is 0 Å². The minimum Gasteiger partial charge on any atom is -0.393 e. The van der Waals surface area contributed by atoms with E-state index in [1.165, 1.54) is 11.1 Å². The summed E-state index contributed by atoms with van der Waals surface area (Å²) in [7, 11) is 0. The number of hydrogen-bond acceptors (Lipinski definition) is 2. The Morgan fingerprint density at radius 1 is 1.26 bits per heavy atom. The molecule has 104 valence electrons. The van der Waals surface area contributed by atoms with Crippen molar-refractivity contribution < 1.29 is 9.84 Å². The molecule has 1 fully saturated rings. The van der Waals surface area contributed by atoms with Crippen LogP contribution in [0.5, 0.6) is 0 Å². The van der Waals surface area contributed by atoms with Crippen molar-refractivity contribution >= 4 is 0 Å². The molecule has 2 nitrogen and oxygen atoms in total. The molecular formula is C17H24O2. The maximum atomic E-state index is 10.2. The van der Waals surface area contributed by atoms with Crippen LogP contribution < -0.4 is 0 Å². The first kappa shape index (κ1) is 13.1. The minimum absolute atomic E-state index is 0.133. The molecule has 1 aromatic rings. The molecule has 0 spiro atoms. The van der Waals surface area contributed by atoms with Gasteiger partial charge in [-0.15, -0.1) is 0 Å². The lowest BCUT2D eigenvalue weighted by Crippen LogP contribution is -2.34. The monoisotopic (exact) mass is 260 g/mol. The molecule has 1 saturated carbocycles. The molecule has 3 rings (SSSR count). The van der Waals surface area contributed by atoms with E-state index in [0.717, 1.165) is 38.7 Å². The van der Waals surface area contributed by atoms with Crippen LogP contribution in [0.2, 0.25) is 0 Å². The molecule has 0 aliphatic heterocycles. The zero-order chi connectivity index (χ0) is 13.2. The Bertz CT molecular complexity index is 423. The number of fused-ring (bicyclic) bond motifs is 1. The fraction of sp³-hybridized carbons (Fsp3) is 0.647. The van der Waals surface area contributed by atoms with Gasteiger partial charge in [-0.05, 0) is 62.0 Å². The van der Waals surface area contributed by atoms with Gasteiger partial charge in [-0.2, -0.15) is 0 Å². The average molecular weight is 260 g/mol. The number of rotatable bonds is 6. The largest absolute Gasteiger partial charge is 0.393 e. The van der Waals surface area contributed by atoms with Gasteiger partial charge in [0.15, 0.2) is 0 Å². The minimum atomic E-state index is -0.133. The zero-order valence-electron chi connectivity index (χ0n) is 11.7. The van der Waals surface area contributed by atoms with Crippen LogP contribution in [0.4, 0.5) is 0 Å². The Morgan fingerprint density at radius 3 is 2.79 bits per heavy atom. The van der Waals surface area contributed by atoms with Gasteiger partial charge in [0.1, 0.15) is 0 Å². The van der Waals surface area contributed by atoms with Crippen LogP contribution in [-0.4, -0.2) is 23.9 Å². The van der Waals surface area contributed by atoms with E-state index in [-0.39, 0.29) is 6.10 Å². The molecule has 2 unspecified atom stereocenters. The highest BCUT2D eigenvalue weighted by atomic mass is 16.5. The lowest BCUT2D eigenvalue weighted by atomic mass is 9.72. The standard InChI is InChI=1S/C17H24O2/c1-2-19-16-8-12(9-16)7-15(18)11-14-10-13-5-3-4-6-17(13)14/h3-6,12,14-16,18H,2,7-11H2,1H3. The Morgan fingerprint density at radius 2 is 2.05 bits per heavy atom. The summed E-state index contributed by atoms with van der Waals surface area (Å²) in [5.74, 6) is 1.27. The average Bonchev–Trinajstić information content (AvgIpc) is 2.33. The summed E-state index contributed by atoms with van der Waals surface area (Å²) in [4.78, 5) is 0. The van der Waals surface area contributed by atoms with E-state index in [2.05, 4.69) is 31.2 Å². The number of hydrogen-bond donors (Lipinski definition) is 1. The fourth-order valence-corrected chi connectivity index (χ4v) is 3.62. The van der Waals surface area contributed by atoms with Gasteiger partial charge >= 0.3 is 0 Å². The number of ether oxygens (including phenoxy) is 1. The Balaban J connectivity index is 1.40. The molecule has 1 N–H and O–H groups in total. The second-order valence-corrected chi connectivity index (χ2v) is 6.14. The molecule has 0 bridgehead atoms. The Kier molecular flexibility index (Phi) is 3.90. The zero-order valence-corrected chi connectivity index (χ0v) is 11.7. The highest BCUT2D eigenvalue weighted by molar-refractivity contribution is 5.39. The summed E-state index contributed by atoms with van der Waals surface area (Å²) in [6.45, 7) is 2.87. The van der Waals surface area contributed by atoms with Crippen LogP contribution in [0.25, 0.3) is 0 Å². The molecule has 0 amide bonds. The van der Waals surface area contributed by atoms with Crippen molar-refractivity contribution in [3.05, 3.63) is 35.4 Å². The molecule has 2 aliphatic carbocycles. The van der Waals surface area contributed by atoms with Crippen molar-refractivity contribution in [1.29, 1.82) is 0 Å². The predicted octanol–water partition coefficient (Wildman–Crippen LogP) is 3.28. The molecule has 0 heterocycles. The Labute approximate surface area is 115 Å². The summed E-state index contributed by atoms with van der Waals surface area (Å²) in [5.41, 5.74) is 2.93. The van der Waals surface area contributed by atoms with E-state index in [1.807, 2.05) is 0 Å². The van der Waals surface area contributed by atoms with E-state index in [1.54, 1.807) is 0 Å². The van der Waals surface area contributed by atoms with Gasteiger partial charge in [0, 0.05) is 6.61 Å². The predicted molar refractivity (Wildman–Crippen MR) is 76.3 cm³/mol. The summed E-state index contributed by atoms with van der Waals surface area (Å²) in [6.07, 6.45) is 5.67. The van der Waals surface area contributed by atoms with Crippen molar-refractivity contribution in [2.24, 2.45) is 5.92 Å². The van der Waals surface area contributed by atoms with E-state index in [4.69, 9.17) is 4.74 Å². The third-order valence-corrected chi connectivity index (χ3v) is 4.72. The third-order valence-electron chi connectivity index (χ3n) is 4.72. The first-order chi connectivity index (χ1) is 9.26. The highest BCUT2D eigenvalue weighted by Gasteiger charge is 2.33. The summed E-state index contributed by atoms with van der Waals surface area (Å²) in [5, 5.41) is 10.2. The fourth-order valence-electron chi connectivity index (χ4n) is 3.62. The van der Waals surface area contributed by atoms with Crippen LogP contribution in [0.1, 0.15) is 49.7 Å². The molecule has 2 atom stereocenters. The summed E-state index contributed by atoms with van der Waals surface area (Å²) in [6, 6.07) is 8.63. The lowest BCUT2D eigenvalue weighted by Gasteiger charge is -2.37. The highest BCUT2D eigenvalue weighted by Crippen LogP contribution is 2.40. The second kappa shape index (κ2) is 5.64. The smallest absolute Gasteiger partial charge is 0.0580 e. The van der Waals surface area contributed by atoms with E-state index >= 15 is 0 Å². The van der Waals surface area contributed by atoms with Crippen molar-refractivity contribution in [1.82, 2.24) is 0 Å². The maximum Gasteiger partial charge on any atom is 0.0580 e. The van der Waals surface area contributed by atoms with Crippen LogP contribution in [0.15, 0.2) is 24.3 Å². The quantitative estimate of drug-likeness (QED) is 0.850. The number of benzene rings is 1. The maximum absolute atomic E-state index is 10.2. The van der Waals surface area contributed by atoms with Gasteiger partial charge < -0.3 is 9.84 Å². The van der Waals surface area contributed by atoms with E-state index < -0.39 is 0 Å². The van der Waals surface area contributed by atoms with Crippen molar-refractivity contribution in [3.8, 4) is 0 Å². The van der Waals surface area contributed by atoms with Gasteiger partial charge in [-0.1, -0.05) is 24.3 Å². The third kappa shape index (κ3) is 2.85. The number of aliphatic hydroxyl groups excluding tert-OH is 1. The summed E-state index contributed by atoms with van der Waals surface area (Å²) < 4.78 is 5.57. The van der Waals surface area contributed by atoms with E-state index in [9.17, 15) is 5.11 Å². The van der Waals surface area contributed by atoms with Gasteiger partial charge in [0.2, 0.25) is 0 Å². The van der Waals surface area contributed by atoms with Crippen molar-refractivity contribution in [2.45, 2.75) is 57.2 Å².